The van der Waals surface area contributed by atoms with Gasteiger partial charge in [-0.15, -0.1) is 0 Å². The van der Waals surface area contributed by atoms with Gasteiger partial charge in [-0.1, -0.05) is 0 Å². The van der Waals surface area contributed by atoms with E-state index in [9.17, 15) is 22.8 Å². The van der Waals surface area contributed by atoms with Crippen molar-refractivity contribution < 1.29 is 27.5 Å². The lowest BCUT2D eigenvalue weighted by Crippen LogP contribution is -2.55. The minimum absolute atomic E-state index is 0.0273. The molecule has 2 saturated heterocycles. The third-order valence-corrected chi connectivity index (χ3v) is 3.67. The van der Waals surface area contributed by atoms with Crippen LogP contribution in [0.15, 0.2) is 0 Å². The molecule has 20 heavy (non-hydrogen) atoms. The average Bonchev–Trinajstić information content (AvgIpc) is 2.36. The highest BCUT2D eigenvalue weighted by atomic mass is 19.4. The van der Waals surface area contributed by atoms with Gasteiger partial charge in [0.2, 0.25) is 11.8 Å². The molecule has 2 aliphatic heterocycles. The smallest absolute Gasteiger partial charge is 0.362 e. The Morgan fingerprint density at radius 2 is 2.15 bits per heavy atom. The van der Waals surface area contributed by atoms with Gasteiger partial charge in [-0.25, -0.2) is 0 Å². The lowest BCUT2D eigenvalue weighted by Gasteiger charge is -2.41. The number of nitrogens with one attached hydrogen (secondary N) is 1. The molecule has 0 radical (unpaired) electrons. The van der Waals surface area contributed by atoms with Crippen molar-refractivity contribution >= 4 is 11.8 Å². The van der Waals surface area contributed by atoms with E-state index in [2.05, 4.69) is 10.1 Å². The zero-order chi connectivity index (χ0) is 14.8. The van der Waals surface area contributed by atoms with Crippen LogP contribution in [-0.4, -0.2) is 55.2 Å². The van der Waals surface area contributed by atoms with Gasteiger partial charge < -0.3 is 15.0 Å². The Hall–Kier alpha value is -1.31. The van der Waals surface area contributed by atoms with Gasteiger partial charge in [-0.2, -0.15) is 13.2 Å². The van der Waals surface area contributed by atoms with E-state index in [1.807, 2.05) is 0 Å². The maximum absolute atomic E-state index is 11.9. The zero-order valence-electron chi connectivity index (χ0n) is 10.9. The number of piperidine rings is 2. The number of fused-ring (bicyclic) bond motifs is 1. The summed E-state index contributed by atoms with van der Waals surface area (Å²) < 4.78 is 40.1. The van der Waals surface area contributed by atoms with E-state index < -0.39 is 25.3 Å². The van der Waals surface area contributed by atoms with E-state index in [1.54, 1.807) is 0 Å². The van der Waals surface area contributed by atoms with Crippen LogP contribution in [0, 0.1) is 5.92 Å². The Kier molecular flexibility index (Phi) is 4.52. The van der Waals surface area contributed by atoms with E-state index in [1.165, 1.54) is 4.90 Å². The average molecular weight is 294 g/mol. The molecule has 114 valence electrons. The number of hydrogen-bond donors (Lipinski definition) is 1. The molecular weight excluding hydrogens is 277 g/mol. The molecule has 2 atom stereocenters. The molecule has 2 amide bonds. The fourth-order valence-electron chi connectivity index (χ4n) is 2.68. The first-order valence-corrected chi connectivity index (χ1v) is 6.57. The van der Waals surface area contributed by atoms with Crippen molar-refractivity contribution in [3.63, 3.8) is 0 Å². The summed E-state index contributed by atoms with van der Waals surface area (Å²) in [4.78, 5) is 24.5. The SMILES string of the molecule is O=C1CCC2CN(C(=O)COCC(F)(F)F)CCC2N1. The Balaban J connectivity index is 1.77. The number of hydrogen-bond acceptors (Lipinski definition) is 3. The largest absolute Gasteiger partial charge is 0.411 e. The van der Waals surface area contributed by atoms with Crippen LogP contribution in [0.3, 0.4) is 0 Å². The van der Waals surface area contributed by atoms with Crippen molar-refractivity contribution in [1.82, 2.24) is 10.2 Å². The number of amides is 2. The zero-order valence-corrected chi connectivity index (χ0v) is 10.9. The number of halogens is 3. The normalized spacial score (nSPS) is 26.9. The Morgan fingerprint density at radius 3 is 2.85 bits per heavy atom. The van der Waals surface area contributed by atoms with Gasteiger partial charge in [0.25, 0.3) is 0 Å². The highest BCUT2D eigenvalue weighted by Crippen LogP contribution is 2.25. The second-order valence-corrected chi connectivity index (χ2v) is 5.21. The van der Waals surface area contributed by atoms with Crippen LogP contribution < -0.4 is 5.32 Å². The van der Waals surface area contributed by atoms with Crippen molar-refractivity contribution in [2.75, 3.05) is 26.3 Å². The highest BCUT2D eigenvalue weighted by molar-refractivity contribution is 5.78. The molecule has 5 nitrogen and oxygen atoms in total. The van der Waals surface area contributed by atoms with Crippen LogP contribution in [0.4, 0.5) is 13.2 Å². The van der Waals surface area contributed by atoms with Gasteiger partial charge in [0, 0.05) is 25.6 Å². The summed E-state index contributed by atoms with van der Waals surface area (Å²) in [7, 11) is 0. The number of alkyl halides is 3. The van der Waals surface area contributed by atoms with E-state index >= 15 is 0 Å². The summed E-state index contributed by atoms with van der Waals surface area (Å²) in [6.45, 7) is -1.05. The van der Waals surface area contributed by atoms with E-state index in [0.717, 1.165) is 0 Å². The van der Waals surface area contributed by atoms with Gasteiger partial charge in [-0.3, -0.25) is 9.59 Å². The highest BCUT2D eigenvalue weighted by Gasteiger charge is 2.35. The topological polar surface area (TPSA) is 58.6 Å². The summed E-state index contributed by atoms with van der Waals surface area (Å²) in [6.07, 6.45) is -2.63. The van der Waals surface area contributed by atoms with Crippen LogP contribution in [0.5, 0.6) is 0 Å². The van der Waals surface area contributed by atoms with Crippen LogP contribution in [0.25, 0.3) is 0 Å². The number of rotatable bonds is 3. The number of ether oxygens (including phenoxy) is 1. The van der Waals surface area contributed by atoms with Crippen molar-refractivity contribution in [3.8, 4) is 0 Å². The van der Waals surface area contributed by atoms with E-state index in [-0.39, 0.29) is 17.9 Å². The molecule has 1 N–H and O–H groups in total. The number of carbonyl (C=O) groups is 2. The summed E-state index contributed by atoms with van der Waals surface area (Å²) >= 11 is 0. The molecule has 2 heterocycles. The molecule has 0 aromatic heterocycles. The van der Waals surface area contributed by atoms with Crippen molar-refractivity contribution in [1.29, 1.82) is 0 Å². The first-order chi connectivity index (χ1) is 9.35. The molecule has 0 aromatic rings. The minimum atomic E-state index is -4.42. The summed E-state index contributed by atoms with van der Waals surface area (Å²) in [5.41, 5.74) is 0. The third kappa shape index (κ3) is 4.09. The third-order valence-electron chi connectivity index (χ3n) is 3.67. The lowest BCUT2D eigenvalue weighted by molar-refractivity contribution is -0.178. The van der Waals surface area contributed by atoms with Crippen LogP contribution >= 0.6 is 0 Å². The Labute approximate surface area is 114 Å². The molecule has 8 heteroatoms. The molecule has 2 fully saturated rings. The van der Waals surface area contributed by atoms with Crippen molar-refractivity contribution in [3.05, 3.63) is 0 Å². The summed E-state index contributed by atoms with van der Waals surface area (Å²) in [5, 5.41) is 2.88. The summed E-state index contributed by atoms with van der Waals surface area (Å²) in [5.74, 6) is -0.211. The second-order valence-electron chi connectivity index (χ2n) is 5.21. The van der Waals surface area contributed by atoms with Crippen molar-refractivity contribution in [2.45, 2.75) is 31.5 Å². The fraction of sp³-hybridized carbons (Fsp3) is 0.833. The predicted octanol–water partition coefficient (Wildman–Crippen LogP) is 0.692. The first-order valence-electron chi connectivity index (χ1n) is 6.57. The van der Waals surface area contributed by atoms with E-state index in [0.29, 0.717) is 32.4 Å². The van der Waals surface area contributed by atoms with Gasteiger partial charge >= 0.3 is 6.18 Å². The van der Waals surface area contributed by atoms with E-state index in [4.69, 9.17) is 0 Å². The maximum atomic E-state index is 11.9. The number of nitrogens with zero attached hydrogens (tertiary/aromatic N) is 1. The molecule has 2 aliphatic rings. The molecule has 0 spiro atoms. The standard InChI is InChI=1S/C12H17F3N2O3/c13-12(14,15)7-20-6-11(19)17-4-3-9-8(5-17)1-2-10(18)16-9/h8-9H,1-7H2,(H,16,18). The Morgan fingerprint density at radius 1 is 1.40 bits per heavy atom. The first kappa shape index (κ1) is 15.1. The molecule has 0 saturated carbocycles. The van der Waals surface area contributed by atoms with Crippen LogP contribution in [-0.2, 0) is 14.3 Å². The minimum Gasteiger partial charge on any atom is -0.362 e. The fourth-order valence-corrected chi connectivity index (χ4v) is 2.68. The Bertz CT molecular complexity index is 387. The molecule has 2 unspecified atom stereocenters. The van der Waals surface area contributed by atoms with Crippen LogP contribution in [0.1, 0.15) is 19.3 Å². The second kappa shape index (κ2) is 5.99. The van der Waals surface area contributed by atoms with Gasteiger partial charge in [0.15, 0.2) is 0 Å². The molecule has 0 bridgehead atoms. The molecule has 0 aliphatic carbocycles. The predicted molar refractivity (Wildman–Crippen MR) is 62.7 cm³/mol. The molecular formula is C12H17F3N2O3. The quantitative estimate of drug-likeness (QED) is 0.833. The number of carbonyl (C=O) groups excluding carboxylic acids is 2. The molecule has 2 rings (SSSR count). The van der Waals surface area contributed by atoms with Crippen LogP contribution in [0.2, 0.25) is 0 Å². The summed E-state index contributed by atoms with van der Waals surface area (Å²) in [6, 6.07) is 0.0800. The number of likely N-dealkylation sites (tertiary alicyclic amines) is 1. The van der Waals surface area contributed by atoms with Gasteiger partial charge in [0.05, 0.1) is 0 Å². The monoisotopic (exact) mass is 294 g/mol. The van der Waals surface area contributed by atoms with Gasteiger partial charge in [-0.05, 0) is 18.8 Å². The van der Waals surface area contributed by atoms with Crippen molar-refractivity contribution in [2.24, 2.45) is 5.92 Å². The maximum Gasteiger partial charge on any atom is 0.411 e. The lowest BCUT2D eigenvalue weighted by atomic mass is 9.85. The van der Waals surface area contributed by atoms with Gasteiger partial charge in [0.1, 0.15) is 13.2 Å². The molecule has 0 aromatic carbocycles.